The number of piperazine rings is 1. The molecule has 136 valence electrons. The molecule has 0 aromatic heterocycles. The molecular weight excluding hydrogens is 383 g/mol. The van der Waals surface area contributed by atoms with Crippen molar-refractivity contribution in [2.75, 3.05) is 26.7 Å². The summed E-state index contributed by atoms with van der Waals surface area (Å²) in [5, 5.41) is 3.85. The van der Waals surface area contributed by atoms with Gasteiger partial charge < -0.3 is 10.1 Å². The topological polar surface area (TPSA) is 58.6 Å². The van der Waals surface area contributed by atoms with Crippen molar-refractivity contribution < 1.29 is 13.2 Å². The number of halogens is 2. The summed E-state index contributed by atoms with van der Waals surface area (Å²) in [4.78, 5) is 0.261. The maximum Gasteiger partial charge on any atom is 0.243 e. The largest absolute Gasteiger partial charge is 0.497 e. The first kappa shape index (κ1) is 20.0. The summed E-state index contributed by atoms with van der Waals surface area (Å²) in [7, 11) is -2.05. The molecule has 2 aromatic carbocycles. The third kappa shape index (κ3) is 4.27. The average Bonchev–Trinajstić information content (AvgIpc) is 2.62. The molecule has 0 bridgehead atoms. The Kier molecular flexibility index (Phi) is 6.71. The fourth-order valence-corrected chi connectivity index (χ4v) is 4.67. The molecule has 1 aliphatic rings. The van der Waals surface area contributed by atoms with E-state index in [0.717, 1.165) is 5.56 Å². The second-order valence-corrected chi connectivity index (χ2v) is 7.89. The molecule has 25 heavy (non-hydrogen) atoms. The van der Waals surface area contributed by atoms with Crippen molar-refractivity contribution in [3.8, 4) is 5.75 Å². The Balaban J connectivity index is 0.00000225. The molecule has 1 saturated heterocycles. The van der Waals surface area contributed by atoms with Crippen molar-refractivity contribution in [3.63, 3.8) is 0 Å². The highest BCUT2D eigenvalue weighted by atomic mass is 35.5. The summed E-state index contributed by atoms with van der Waals surface area (Å²) in [5.41, 5.74) is 0.881. The third-order valence-corrected chi connectivity index (χ3v) is 6.25. The van der Waals surface area contributed by atoms with Gasteiger partial charge in [0, 0.05) is 24.7 Å². The van der Waals surface area contributed by atoms with Gasteiger partial charge in [0.05, 0.1) is 18.0 Å². The van der Waals surface area contributed by atoms with Crippen molar-refractivity contribution in [1.29, 1.82) is 0 Å². The summed E-state index contributed by atoms with van der Waals surface area (Å²) < 4.78 is 32.8. The van der Waals surface area contributed by atoms with Crippen molar-refractivity contribution in [2.24, 2.45) is 0 Å². The van der Waals surface area contributed by atoms with Crippen LogP contribution in [0.4, 0.5) is 0 Å². The number of ether oxygens (including phenoxy) is 1. The van der Waals surface area contributed by atoms with E-state index in [1.165, 1.54) is 4.31 Å². The lowest BCUT2D eigenvalue weighted by atomic mass is 10.1. The second kappa shape index (κ2) is 8.38. The van der Waals surface area contributed by atoms with Crippen molar-refractivity contribution in [1.82, 2.24) is 9.62 Å². The summed E-state index contributed by atoms with van der Waals surface area (Å²) in [6, 6.07) is 13.5. The van der Waals surface area contributed by atoms with Crippen molar-refractivity contribution in [3.05, 3.63) is 59.1 Å². The number of hydrogen-bond acceptors (Lipinski definition) is 4. The Morgan fingerprint density at radius 2 is 1.92 bits per heavy atom. The molecule has 0 spiro atoms. The monoisotopic (exact) mass is 402 g/mol. The van der Waals surface area contributed by atoms with Crippen LogP contribution >= 0.6 is 24.0 Å². The first-order chi connectivity index (χ1) is 11.5. The highest BCUT2D eigenvalue weighted by Gasteiger charge is 2.34. The van der Waals surface area contributed by atoms with E-state index in [2.05, 4.69) is 5.32 Å². The van der Waals surface area contributed by atoms with Gasteiger partial charge in [-0.25, -0.2) is 8.42 Å². The molecule has 1 unspecified atom stereocenters. The summed E-state index contributed by atoms with van der Waals surface area (Å²) in [6.07, 6.45) is 0. The average molecular weight is 403 g/mol. The number of methoxy groups -OCH3 is 1. The number of nitrogens with one attached hydrogen (secondary N) is 1. The van der Waals surface area contributed by atoms with Gasteiger partial charge >= 0.3 is 0 Å². The molecule has 1 fully saturated rings. The van der Waals surface area contributed by atoms with Crippen LogP contribution < -0.4 is 10.1 Å². The van der Waals surface area contributed by atoms with Gasteiger partial charge in [-0.05, 0) is 42.0 Å². The van der Waals surface area contributed by atoms with E-state index in [9.17, 15) is 8.42 Å². The molecule has 2 aromatic rings. The minimum atomic E-state index is -3.60. The SMILES string of the molecule is COc1ccc(S(=O)(=O)N2CCNCC2c2cccc(Cl)c2)cc1.Cl. The fraction of sp³-hybridized carbons (Fsp3) is 0.294. The minimum Gasteiger partial charge on any atom is -0.497 e. The van der Waals surface area contributed by atoms with Crippen LogP contribution in [0.1, 0.15) is 11.6 Å². The Labute approximate surface area is 159 Å². The standard InChI is InChI=1S/C17H19ClN2O3S.ClH/c1-23-15-5-7-16(8-6-15)24(21,22)20-10-9-19-12-17(20)13-3-2-4-14(18)11-13;/h2-8,11,17,19H,9-10,12H2,1H3;1H. The van der Waals surface area contributed by atoms with Crippen molar-refractivity contribution in [2.45, 2.75) is 10.9 Å². The van der Waals surface area contributed by atoms with Gasteiger partial charge in [-0.3, -0.25) is 0 Å². The molecule has 1 N–H and O–H groups in total. The van der Waals surface area contributed by atoms with E-state index in [4.69, 9.17) is 16.3 Å². The van der Waals surface area contributed by atoms with E-state index in [0.29, 0.717) is 30.4 Å². The molecule has 0 radical (unpaired) electrons. The highest BCUT2D eigenvalue weighted by Crippen LogP contribution is 2.30. The van der Waals surface area contributed by atoms with E-state index < -0.39 is 10.0 Å². The lowest BCUT2D eigenvalue weighted by molar-refractivity contribution is 0.271. The molecular formula is C17H20Cl2N2O3S. The maximum atomic E-state index is 13.1. The molecule has 1 aliphatic heterocycles. The van der Waals surface area contributed by atoms with E-state index in [-0.39, 0.29) is 23.3 Å². The Morgan fingerprint density at radius 1 is 1.20 bits per heavy atom. The molecule has 1 atom stereocenters. The first-order valence-corrected chi connectivity index (χ1v) is 9.46. The summed E-state index contributed by atoms with van der Waals surface area (Å²) >= 11 is 6.07. The predicted octanol–water partition coefficient (Wildman–Crippen LogP) is 3.11. The molecule has 0 aliphatic carbocycles. The number of nitrogens with zero attached hydrogens (tertiary/aromatic N) is 1. The summed E-state index contributed by atoms with van der Waals surface area (Å²) in [6.45, 7) is 1.58. The zero-order chi connectivity index (χ0) is 17.2. The number of sulfonamides is 1. The predicted molar refractivity (Wildman–Crippen MR) is 101 cm³/mol. The van der Waals surface area contributed by atoms with Gasteiger partial charge in [-0.2, -0.15) is 4.31 Å². The quantitative estimate of drug-likeness (QED) is 0.853. The lowest BCUT2D eigenvalue weighted by Crippen LogP contribution is -2.48. The smallest absolute Gasteiger partial charge is 0.243 e. The van der Waals surface area contributed by atoms with Crippen molar-refractivity contribution >= 4 is 34.0 Å². The highest BCUT2D eigenvalue weighted by molar-refractivity contribution is 7.89. The number of benzene rings is 2. The van der Waals surface area contributed by atoms with Crippen LogP contribution in [0.25, 0.3) is 0 Å². The fourth-order valence-electron chi connectivity index (χ4n) is 2.85. The summed E-state index contributed by atoms with van der Waals surface area (Å²) in [5.74, 6) is 0.626. The lowest BCUT2D eigenvalue weighted by Gasteiger charge is -2.35. The van der Waals surface area contributed by atoms with Crippen LogP contribution in [0.15, 0.2) is 53.4 Å². The van der Waals surface area contributed by atoms with Gasteiger partial charge in [0.1, 0.15) is 5.75 Å². The van der Waals surface area contributed by atoms with E-state index in [1.54, 1.807) is 37.4 Å². The number of hydrogen-bond donors (Lipinski definition) is 1. The Bertz CT molecular complexity index is 813. The zero-order valence-electron chi connectivity index (χ0n) is 13.7. The Morgan fingerprint density at radius 3 is 2.56 bits per heavy atom. The number of rotatable bonds is 4. The van der Waals surface area contributed by atoms with Gasteiger partial charge in [-0.15, -0.1) is 12.4 Å². The Hall–Kier alpha value is -1.31. The van der Waals surface area contributed by atoms with Crippen LogP contribution in [-0.2, 0) is 10.0 Å². The maximum absolute atomic E-state index is 13.1. The van der Waals surface area contributed by atoms with E-state index >= 15 is 0 Å². The molecule has 8 heteroatoms. The minimum absolute atomic E-state index is 0. The van der Waals surface area contributed by atoms with Gasteiger partial charge in [0.15, 0.2) is 0 Å². The van der Waals surface area contributed by atoms with E-state index in [1.807, 2.05) is 18.2 Å². The van der Waals surface area contributed by atoms with Crippen LogP contribution in [-0.4, -0.2) is 39.5 Å². The second-order valence-electron chi connectivity index (χ2n) is 5.57. The first-order valence-electron chi connectivity index (χ1n) is 7.64. The van der Waals surface area contributed by atoms with Crippen LogP contribution in [0.3, 0.4) is 0 Å². The van der Waals surface area contributed by atoms with Gasteiger partial charge in [0.2, 0.25) is 10.0 Å². The van der Waals surface area contributed by atoms with Crippen LogP contribution in [0, 0.1) is 0 Å². The van der Waals surface area contributed by atoms with Gasteiger partial charge in [-0.1, -0.05) is 23.7 Å². The molecule has 5 nitrogen and oxygen atoms in total. The van der Waals surface area contributed by atoms with Crippen LogP contribution in [0.2, 0.25) is 5.02 Å². The molecule has 3 rings (SSSR count). The third-order valence-electron chi connectivity index (χ3n) is 4.09. The normalized spacial score (nSPS) is 18.4. The zero-order valence-corrected chi connectivity index (χ0v) is 16.1. The molecule has 1 heterocycles. The molecule has 0 amide bonds. The molecule has 0 saturated carbocycles. The van der Waals surface area contributed by atoms with Crippen LogP contribution in [0.5, 0.6) is 5.75 Å². The van der Waals surface area contributed by atoms with Gasteiger partial charge in [0.25, 0.3) is 0 Å².